The minimum Gasteiger partial charge on any atom is -0.452 e. The van der Waals surface area contributed by atoms with Crippen molar-refractivity contribution < 1.29 is 45.5 Å². The minimum atomic E-state index is -4.67. The van der Waals surface area contributed by atoms with Gasteiger partial charge >= 0.3 is 24.4 Å². The fourth-order valence-electron chi connectivity index (χ4n) is 2.12. The molecule has 0 saturated carbocycles. The maximum absolute atomic E-state index is 12.6. The normalized spacial score (nSPS) is 11.7. The molecule has 15 heteroatoms. The lowest BCUT2D eigenvalue weighted by Gasteiger charge is -2.09. The number of pyridine rings is 1. The van der Waals surface area contributed by atoms with Gasteiger partial charge in [0.2, 0.25) is 0 Å². The number of urea groups is 1. The molecule has 9 nitrogen and oxygen atoms in total. The van der Waals surface area contributed by atoms with Gasteiger partial charge in [0.25, 0.3) is 5.91 Å². The standard InChI is InChI=1S/C16H13F6N5O4/c1-8-10(5-25-27(8)11-3-2-9(4-23-11)16(20,21)22)13(29)31-6-12(28)26-14(30)24-7-15(17,18)19/h2-5H,6-7H2,1H3,(H2,24,26,28,30). The summed E-state index contributed by atoms with van der Waals surface area (Å²) >= 11 is 0. The largest absolute Gasteiger partial charge is 0.452 e. The monoisotopic (exact) mass is 453 g/mol. The molecule has 2 rings (SSSR count). The van der Waals surface area contributed by atoms with E-state index in [1.54, 1.807) is 0 Å². The summed E-state index contributed by atoms with van der Waals surface area (Å²) < 4.78 is 79.4. The summed E-state index contributed by atoms with van der Waals surface area (Å²) in [6.45, 7) is -1.27. The Balaban J connectivity index is 1.96. The Morgan fingerprint density at radius 2 is 1.77 bits per heavy atom. The molecule has 2 aromatic rings. The van der Waals surface area contributed by atoms with E-state index in [0.717, 1.165) is 23.0 Å². The van der Waals surface area contributed by atoms with Crippen molar-refractivity contribution in [1.29, 1.82) is 0 Å². The topological polar surface area (TPSA) is 115 Å². The number of nitrogens with zero attached hydrogens (tertiary/aromatic N) is 3. The molecule has 0 bridgehead atoms. The van der Waals surface area contributed by atoms with Crippen LogP contribution in [-0.2, 0) is 15.7 Å². The van der Waals surface area contributed by atoms with Crippen LogP contribution in [0.3, 0.4) is 0 Å². The number of halogens is 6. The number of ether oxygens (including phenoxy) is 1. The van der Waals surface area contributed by atoms with Crippen LogP contribution >= 0.6 is 0 Å². The number of esters is 1. The number of carbonyl (C=O) groups excluding carboxylic acids is 3. The molecule has 0 aliphatic carbocycles. The number of aromatic nitrogens is 3. The molecule has 2 aromatic heterocycles. The number of hydrogen-bond donors (Lipinski definition) is 2. The van der Waals surface area contributed by atoms with Crippen LogP contribution < -0.4 is 10.6 Å². The molecule has 0 unspecified atom stereocenters. The van der Waals surface area contributed by atoms with Crippen molar-refractivity contribution in [2.24, 2.45) is 0 Å². The molecular weight excluding hydrogens is 440 g/mol. The van der Waals surface area contributed by atoms with Gasteiger partial charge in [-0.3, -0.25) is 10.1 Å². The van der Waals surface area contributed by atoms with Crippen LogP contribution in [0.5, 0.6) is 0 Å². The number of nitrogens with one attached hydrogen (secondary N) is 2. The van der Waals surface area contributed by atoms with E-state index in [9.17, 15) is 40.7 Å². The van der Waals surface area contributed by atoms with E-state index in [1.165, 1.54) is 17.6 Å². The van der Waals surface area contributed by atoms with Crippen molar-refractivity contribution in [1.82, 2.24) is 25.4 Å². The van der Waals surface area contributed by atoms with E-state index >= 15 is 0 Å². The first-order valence-corrected chi connectivity index (χ1v) is 8.17. The van der Waals surface area contributed by atoms with E-state index < -0.39 is 49.0 Å². The van der Waals surface area contributed by atoms with Crippen LogP contribution in [0.4, 0.5) is 31.1 Å². The second-order valence-electron chi connectivity index (χ2n) is 5.88. The lowest BCUT2D eigenvalue weighted by molar-refractivity contribution is -0.137. The van der Waals surface area contributed by atoms with E-state index in [2.05, 4.69) is 14.8 Å². The summed E-state index contributed by atoms with van der Waals surface area (Å²) in [6, 6.07) is 0.372. The number of carbonyl (C=O) groups is 3. The van der Waals surface area contributed by atoms with Gasteiger partial charge < -0.3 is 10.1 Å². The molecule has 0 aliphatic rings. The zero-order chi connectivity index (χ0) is 23.4. The fourth-order valence-corrected chi connectivity index (χ4v) is 2.12. The summed E-state index contributed by atoms with van der Waals surface area (Å²) in [5, 5.41) is 6.75. The number of alkyl halides is 6. The van der Waals surface area contributed by atoms with Crippen molar-refractivity contribution in [3.63, 3.8) is 0 Å². The summed E-state index contributed by atoms with van der Waals surface area (Å²) in [5.74, 6) is -2.28. The zero-order valence-corrected chi connectivity index (χ0v) is 15.5. The van der Waals surface area contributed by atoms with Crippen LogP contribution in [-0.4, -0.2) is 52.0 Å². The van der Waals surface area contributed by atoms with Gasteiger partial charge in [0.1, 0.15) is 12.1 Å². The third kappa shape index (κ3) is 6.68. The van der Waals surface area contributed by atoms with Crippen molar-refractivity contribution >= 4 is 17.9 Å². The van der Waals surface area contributed by atoms with E-state index in [1.807, 2.05) is 0 Å². The molecular formula is C16H13F6N5O4. The quantitative estimate of drug-likeness (QED) is 0.530. The number of rotatable bonds is 5. The molecule has 2 heterocycles. The van der Waals surface area contributed by atoms with Crippen LogP contribution in [0, 0.1) is 6.92 Å². The van der Waals surface area contributed by atoms with E-state index in [0.29, 0.717) is 6.20 Å². The van der Waals surface area contributed by atoms with Gasteiger partial charge in [-0.1, -0.05) is 0 Å². The predicted octanol–water partition coefficient (Wildman–Crippen LogP) is 2.14. The lowest BCUT2D eigenvalue weighted by atomic mass is 10.2. The number of imide groups is 1. The lowest BCUT2D eigenvalue weighted by Crippen LogP contribution is -2.44. The maximum Gasteiger partial charge on any atom is 0.417 e. The summed E-state index contributed by atoms with van der Waals surface area (Å²) in [4.78, 5) is 38.3. The minimum absolute atomic E-state index is 0.0244. The molecule has 0 atom stereocenters. The Morgan fingerprint density at radius 1 is 1.10 bits per heavy atom. The van der Waals surface area contributed by atoms with Crippen LogP contribution in [0.25, 0.3) is 5.82 Å². The summed E-state index contributed by atoms with van der Waals surface area (Å²) in [6.07, 6.45) is -7.65. The highest BCUT2D eigenvalue weighted by atomic mass is 19.4. The number of hydrogen-bond acceptors (Lipinski definition) is 6. The van der Waals surface area contributed by atoms with Crippen molar-refractivity contribution in [2.45, 2.75) is 19.3 Å². The fraction of sp³-hybridized carbons (Fsp3) is 0.312. The Kier molecular flexibility index (Phi) is 6.87. The first-order chi connectivity index (χ1) is 14.3. The average molecular weight is 453 g/mol. The molecule has 0 aromatic carbocycles. The van der Waals surface area contributed by atoms with Crippen molar-refractivity contribution in [3.8, 4) is 5.82 Å². The molecule has 3 amide bonds. The van der Waals surface area contributed by atoms with Gasteiger partial charge in [-0.15, -0.1) is 0 Å². The Morgan fingerprint density at radius 3 is 2.32 bits per heavy atom. The van der Waals surface area contributed by atoms with E-state index in [-0.39, 0.29) is 17.1 Å². The molecule has 0 fully saturated rings. The van der Waals surface area contributed by atoms with Crippen molar-refractivity contribution in [2.75, 3.05) is 13.2 Å². The first-order valence-electron chi connectivity index (χ1n) is 8.17. The van der Waals surface area contributed by atoms with Crippen LogP contribution in [0.2, 0.25) is 0 Å². The second kappa shape index (κ2) is 9.01. The van der Waals surface area contributed by atoms with Gasteiger partial charge in [0.15, 0.2) is 12.4 Å². The molecule has 31 heavy (non-hydrogen) atoms. The Bertz CT molecular complexity index is 968. The molecule has 0 spiro atoms. The highest BCUT2D eigenvalue weighted by Crippen LogP contribution is 2.28. The third-order valence-electron chi connectivity index (χ3n) is 3.56. The maximum atomic E-state index is 12.6. The predicted molar refractivity (Wildman–Crippen MR) is 89.0 cm³/mol. The molecule has 0 saturated heterocycles. The molecule has 2 N–H and O–H groups in total. The van der Waals surface area contributed by atoms with Gasteiger partial charge in [0.05, 0.1) is 17.5 Å². The van der Waals surface area contributed by atoms with Crippen LogP contribution in [0.1, 0.15) is 21.6 Å². The van der Waals surface area contributed by atoms with Gasteiger partial charge in [-0.05, 0) is 19.1 Å². The third-order valence-corrected chi connectivity index (χ3v) is 3.56. The average Bonchev–Trinajstić information content (AvgIpc) is 3.05. The number of amides is 3. The van der Waals surface area contributed by atoms with Gasteiger partial charge in [0, 0.05) is 6.20 Å². The Labute approximate surface area is 169 Å². The molecule has 168 valence electrons. The summed E-state index contributed by atoms with van der Waals surface area (Å²) in [5.41, 5.74) is -1.01. The second-order valence-corrected chi connectivity index (χ2v) is 5.88. The van der Waals surface area contributed by atoms with Gasteiger partial charge in [-0.25, -0.2) is 19.3 Å². The summed E-state index contributed by atoms with van der Waals surface area (Å²) in [7, 11) is 0. The Hall–Kier alpha value is -3.65. The van der Waals surface area contributed by atoms with E-state index in [4.69, 9.17) is 0 Å². The van der Waals surface area contributed by atoms with Crippen LogP contribution in [0.15, 0.2) is 24.5 Å². The first kappa shape index (κ1) is 23.6. The molecule has 0 aliphatic heterocycles. The molecule has 0 radical (unpaired) electrons. The van der Waals surface area contributed by atoms with Gasteiger partial charge in [-0.2, -0.15) is 31.4 Å². The highest BCUT2D eigenvalue weighted by molar-refractivity contribution is 5.97. The van der Waals surface area contributed by atoms with Crippen molar-refractivity contribution in [3.05, 3.63) is 41.3 Å². The SMILES string of the molecule is Cc1c(C(=O)OCC(=O)NC(=O)NCC(F)(F)F)cnn1-c1ccc(C(F)(F)F)cn1. The smallest absolute Gasteiger partial charge is 0.417 e. The zero-order valence-electron chi connectivity index (χ0n) is 15.5. The highest BCUT2D eigenvalue weighted by Gasteiger charge is 2.31.